The van der Waals surface area contributed by atoms with Crippen molar-refractivity contribution in [3.63, 3.8) is 0 Å². The molecule has 1 aliphatic heterocycles. The minimum atomic E-state index is -0.205. The van der Waals surface area contributed by atoms with E-state index in [1.807, 2.05) is 37.3 Å². The van der Waals surface area contributed by atoms with Gasteiger partial charge in [-0.2, -0.15) is 0 Å². The molecule has 1 unspecified atom stereocenters. The fourth-order valence-corrected chi connectivity index (χ4v) is 1.71. The zero-order chi connectivity index (χ0) is 11.5. The van der Waals surface area contributed by atoms with Crippen LogP contribution >= 0.6 is 0 Å². The smallest absolute Gasteiger partial charge is 0.334 e. The molecule has 1 aliphatic rings. The number of carbonyl (C=O) groups excluding carboxylic acids is 1. The first-order valence-corrected chi connectivity index (χ1v) is 5.24. The van der Waals surface area contributed by atoms with Crippen LogP contribution in [0.25, 0.3) is 6.08 Å². The molecule has 1 saturated heterocycles. The highest BCUT2D eigenvalue weighted by atomic mass is 16.5. The third kappa shape index (κ3) is 2.24. The molecule has 3 nitrogen and oxygen atoms in total. The molecule has 1 fully saturated rings. The van der Waals surface area contributed by atoms with E-state index in [0.717, 1.165) is 16.9 Å². The van der Waals surface area contributed by atoms with Crippen LogP contribution in [0.2, 0.25) is 0 Å². The highest BCUT2D eigenvalue weighted by Crippen LogP contribution is 2.23. The molecule has 0 spiro atoms. The molecule has 0 N–H and O–H groups in total. The highest BCUT2D eigenvalue weighted by Gasteiger charge is 2.24. The number of rotatable bonds is 2. The number of ether oxygens (including phenoxy) is 2. The average Bonchev–Trinajstić information content (AvgIpc) is 2.59. The Hall–Kier alpha value is -1.77. The van der Waals surface area contributed by atoms with Gasteiger partial charge in [0, 0.05) is 12.0 Å². The molecule has 1 aromatic carbocycles. The molecule has 3 heteroatoms. The highest BCUT2D eigenvalue weighted by molar-refractivity contribution is 5.95. The minimum Gasteiger partial charge on any atom is -0.497 e. The fraction of sp³-hybridized carbons (Fsp3) is 0.308. The summed E-state index contributed by atoms with van der Waals surface area (Å²) in [6.07, 6.45) is 2.55. The standard InChI is InChI=1S/C13H14O3/c1-9-7-11(13(14)16-9)8-10-3-5-12(15-2)6-4-10/h3-6,8-9H,7H2,1-2H3/b11-8+. The summed E-state index contributed by atoms with van der Waals surface area (Å²) < 4.78 is 10.1. The van der Waals surface area contributed by atoms with Crippen LogP contribution in [0.4, 0.5) is 0 Å². The molecule has 2 rings (SSSR count). The maximum Gasteiger partial charge on any atom is 0.334 e. The van der Waals surface area contributed by atoms with Gasteiger partial charge in [-0.25, -0.2) is 4.79 Å². The molecule has 0 aliphatic carbocycles. The molecule has 84 valence electrons. The SMILES string of the molecule is COc1ccc(/C=C2\CC(C)OC2=O)cc1. The normalized spacial score (nSPS) is 22.2. The number of benzene rings is 1. The molecular formula is C13H14O3. The van der Waals surface area contributed by atoms with Crippen LogP contribution in [-0.2, 0) is 9.53 Å². The predicted octanol–water partition coefficient (Wildman–Crippen LogP) is 2.41. The van der Waals surface area contributed by atoms with E-state index in [1.54, 1.807) is 7.11 Å². The van der Waals surface area contributed by atoms with Crippen LogP contribution in [0, 0.1) is 0 Å². The van der Waals surface area contributed by atoms with E-state index in [4.69, 9.17) is 9.47 Å². The van der Waals surface area contributed by atoms with E-state index in [1.165, 1.54) is 0 Å². The Morgan fingerprint density at radius 2 is 2.06 bits per heavy atom. The first-order valence-electron chi connectivity index (χ1n) is 5.24. The maximum atomic E-state index is 11.4. The summed E-state index contributed by atoms with van der Waals surface area (Å²) in [7, 11) is 1.63. The largest absolute Gasteiger partial charge is 0.497 e. The fourth-order valence-electron chi connectivity index (χ4n) is 1.71. The van der Waals surface area contributed by atoms with E-state index in [-0.39, 0.29) is 12.1 Å². The monoisotopic (exact) mass is 218 g/mol. The summed E-state index contributed by atoms with van der Waals surface area (Å²) in [5, 5.41) is 0. The number of hydrogen-bond acceptors (Lipinski definition) is 3. The summed E-state index contributed by atoms with van der Waals surface area (Å²) in [4.78, 5) is 11.4. The molecular weight excluding hydrogens is 204 g/mol. The van der Waals surface area contributed by atoms with E-state index in [9.17, 15) is 4.79 Å². The van der Waals surface area contributed by atoms with Gasteiger partial charge in [-0.1, -0.05) is 12.1 Å². The van der Waals surface area contributed by atoms with Crippen molar-refractivity contribution in [3.8, 4) is 5.75 Å². The third-order valence-corrected chi connectivity index (χ3v) is 2.53. The zero-order valence-corrected chi connectivity index (χ0v) is 9.40. The van der Waals surface area contributed by atoms with Gasteiger partial charge in [0.2, 0.25) is 0 Å². The van der Waals surface area contributed by atoms with Crippen molar-refractivity contribution in [2.75, 3.05) is 7.11 Å². The second kappa shape index (κ2) is 4.39. The summed E-state index contributed by atoms with van der Waals surface area (Å²) in [5.74, 6) is 0.604. The van der Waals surface area contributed by atoms with Crippen molar-refractivity contribution < 1.29 is 14.3 Å². The lowest BCUT2D eigenvalue weighted by Crippen LogP contribution is -1.99. The number of methoxy groups -OCH3 is 1. The van der Waals surface area contributed by atoms with E-state index >= 15 is 0 Å². The quantitative estimate of drug-likeness (QED) is 0.565. The molecule has 1 atom stereocenters. The van der Waals surface area contributed by atoms with Crippen molar-refractivity contribution in [1.29, 1.82) is 0 Å². The van der Waals surface area contributed by atoms with Gasteiger partial charge >= 0.3 is 5.97 Å². The Kier molecular flexibility index (Phi) is 2.95. The molecule has 0 aromatic heterocycles. The molecule has 1 heterocycles. The lowest BCUT2D eigenvalue weighted by Gasteiger charge is -1.99. The molecule has 0 radical (unpaired) electrons. The first kappa shape index (κ1) is 10.7. The van der Waals surface area contributed by atoms with Crippen LogP contribution in [0.5, 0.6) is 5.75 Å². The number of esters is 1. The second-order valence-corrected chi connectivity index (χ2v) is 3.86. The molecule has 16 heavy (non-hydrogen) atoms. The van der Waals surface area contributed by atoms with Crippen molar-refractivity contribution in [2.24, 2.45) is 0 Å². The first-order chi connectivity index (χ1) is 7.69. The van der Waals surface area contributed by atoms with Gasteiger partial charge in [0.1, 0.15) is 11.9 Å². The molecule has 1 aromatic rings. The Labute approximate surface area is 94.7 Å². The van der Waals surface area contributed by atoms with Crippen LogP contribution in [0.15, 0.2) is 29.8 Å². The van der Waals surface area contributed by atoms with Gasteiger partial charge in [0.25, 0.3) is 0 Å². The summed E-state index contributed by atoms with van der Waals surface area (Å²) in [6.45, 7) is 1.90. The van der Waals surface area contributed by atoms with Crippen LogP contribution in [-0.4, -0.2) is 19.2 Å². The zero-order valence-electron chi connectivity index (χ0n) is 9.40. The van der Waals surface area contributed by atoms with Crippen LogP contribution in [0.3, 0.4) is 0 Å². The second-order valence-electron chi connectivity index (χ2n) is 3.86. The van der Waals surface area contributed by atoms with Crippen LogP contribution < -0.4 is 4.74 Å². The van der Waals surface area contributed by atoms with Gasteiger partial charge in [-0.15, -0.1) is 0 Å². The number of hydrogen-bond donors (Lipinski definition) is 0. The van der Waals surface area contributed by atoms with E-state index in [2.05, 4.69) is 0 Å². The summed E-state index contributed by atoms with van der Waals surface area (Å²) in [5.41, 5.74) is 1.72. The number of carbonyl (C=O) groups is 1. The Morgan fingerprint density at radius 1 is 1.38 bits per heavy atom. The Morgan fingerprint density at radius 3 is 2.56 bits per heavy atom. The molecule has 0 amide bonds. The maximum absolute atomic E-state index is 11.4. The lowest BCUT2D eigenvalue weighted by atomic mass is 10.1. The Bertz CT molecular complexity index is 417. The van der Waals surface area contributed by atoms with Crippen molar-refractivity contribution >= 4 is 12.0 Å². The molecule has 0 saturated carbocycles. The van der Waals surface area contributed by atoms with E-state index < -0.39 is 0 Å². The van der Waals surface area contributed by atoms with Crippen molar-refractivity contribution in [3.05, 3.63) is 35.4 Å². The topological polar surface area (TPSA) is 35.5 Å². The lowest BCUT2D eigenvalue weighted by molar-refractivity contribution is -0.138. The van der Waals surface area contributed by atoms with Gasteiger partial charge in [-0.3, -0.25) is 0 Å². The average molecular weight is 218 g/mol. The third-order valence-electron chi connectivity index (χ3n) is 2.53. The minimum absolute atomic E-state index is 0.00278. The molecule has 0 bridgehead atoms. The van der Waals surface area contributed by atoms with Gasteiger partial charge in [-0.05, 0) is 30.7 Å². The van der Waals surface area contributed by atoms with Gasteiger partial charge in [0.15, 0.2) is 0 Å². The summed E-state index contributed by atoms with van der Waals surface area (Å²) >= 11 is 0. The van der Waals surface area contributed by atoms with E-state index in [0.29, 0.717) is 6.42 Å². The summed E-state index contributed by atoms with van der Waals surface area (Å²) in [6, 6.07) is 7.58. The van der Waals surface area contributed by atoms with Gasteiger partial charge in [0.05, 0.1) is 7.11 Å². The van der Waals surface area contributed by atoms with Crippen molar-refractivity contribution in [2.45, 2.75) is 19.4 Å². The predicted molar refractivity (Wildman–Crippen MR) is 61.1 cm³/mol. The van der Waals surface area contributed by atoms with Crippen molar-refractivity contribution in [1.82, 2.24) is 0 Å². The van der Waals surface area contributed by atoms with Crippen LogP contribution in [0.1, 0.15) is 18.9 Å². The Balaban J connectivity index is 2.19. The number of cyclic esters (lactones) is 1. The van der Waals surface area contributed by atoms with Gasteiger partial charge < -0.3 is 9.47 Å².